The van der Waals surface area contributed by atoms with Gasteiger partial charge in [0.25, 0.3) is 0 Å². The van der Waals surface area contributed by atoms with Crippen molar-refractivity contribution in [2.24, 2.45) is 11.7 Å². The summed E-state index contributed by atoms with van der Waals surface area (Å²) in [7, 11) is 0. The molecule has 1 fully saturated rings. The summed E-state index contributed by atoms with van der Waals surface area (Å²) in [6.07, 6.45) is 2.23. The number of anilines is 1. The molecule has 0 spiro atoms. The second-order valence-corrected chi connectivity index (χ2v) is 6.37. The van der Waals surface area contributed by atoms with Crippen LogP contribution in [0.4, 0.5) is 5.69 Å². The summed E-state index contributed by atoms with van der Waals surface area (Å²) < 4.78 is 0. The molecule has 1 aliphatic heterocycles. The zero-order valence-electron chi connectivity index (χ0n) is 12.2. The van der Waals surface area contributed by atoms with Gasteiger partial charge in [0.15, 0.2) is 0 Å². The van der Waals surface area contributed by atoms with E-state index >= 15 is 0 Å². The van der Waals surface area contributed by atoms with E-state index < -0.39 is 0 Å². The molecule has 1 aliphatic rings. The fraction of sp³-hybridized carbons (Fsp3) is 0.533. The Labute approximate surface area is 135 Å². The molecule has 1 aromatic rings. The van der Waals surface area contributed by atoms with Crippen LogP contribution in [-0.2, 0) is 4.79 Å². The largest absolute Gasteiger partial charge is 0.330 e. The van der Waals surface area contributed by atoms with E-state index in [0.717, 1.165) is 31.5 Å². The number of nitrogens with two attached hydrogens (primary N) is 1. The van der Waals surface area contributed by atoms with Crippen LogP contribution in [0, 0.1) is 12.8 Å². The van der Waals surface area contributed by atoms with Crippen LogP contribution < -0.4 is 11.1 Å². The van der Waals surface area contributed by atoms with E-state index in [9.17, 15) is 4.79 Å². The number of nitrogens with one attached hydrogen (secondary N) is 1. The summed E-state index contributed by atoms with van der Waals surface area (Å²) in [6, 6.07) is 3.57. The van der Waals surface area contributed by atoms with Gasteiger partial charge >= 0.3 is 0 Å². The SMILES string of the molecule is Cc1ccc(Cl)c(NC(=O)CN2CCCC(CN)C2)c1Cl. The van der Waals surface area contributed by atoms with Crippen molar-refractivity contribution in [1.29, 1.82) is 0 Å². The Morgan fingerprint density at radius 1 is 1.48 bits per heavy atom. The minimum Gasteiger partial charge on any atom is -0.330 e. The first kappa shape index (κ1) is 16.6. The van der Waals surface area contributed by atoms with Gasteiger partial charge in [-0.1, -0.05) is 29.3 Å². The standard InChI is InChI=1S/C15H21Cl2N3O/c1-10-4-5-12(16)15(14(10)17)19-13(21)9-20-6-2-3-11(7-18)8-20/h4-5,11H,2-3,6-9,18H2,1H3,(H,19,21). The van der Waals surface area contributed by atoms with E-state index in [1.54, 1.807) is 6.07 Å². The van der Waals surface area contributed by atoms with Crippen LogP contribution in [0.15, 0.2) is 12.1 Å². The number of hydrogen-bond donors (Lipinski definition) is 2. The lowest BCUT2D eigenvalue weighted by molar-refractivity contribution is -0.117. The van der Waals surface area contributed by atoms with Gasteiger partial charge in [-0.25, -0.2) is 0 Å². The van der Waals surface area contributed by atoms with Crippen molar-refractivity contribution < 1.29 is 4.79 Å². The predicted octanol–water partition coefficient (Wildman–Crippen LogP) is 2.91. The van der Waals surface area contributed by atoms with E-state index in [1.165, 1.54) is 0 Å². The smallest absolute Gasteiger partial charge is 0.238 e. The van der Waals surface area contributed by atoms with Crippen LogP contribution >= 0.6 is 23.2 Å². The molecule has 0 radical (unpaired) electrons. The summed E-state index contributed by atoms with van der Waals surface area (Å²) in [6.45, 7) is 4.70. The predicted molar refractivity (Wildman–Crippen MR) is 88.0 cm³/mol. The van der Waals surface area contributed by atoms with Crippen LogP contribution in [0.2, 0.25) is 10.0 Å². The molecule has 1 atom stereocenters. The van der Waals surface area contributed by atoms with Gasteiger partial charge < -0.3 is 11.1 Å². The van der Waals surface area contributed by atoms with Crippen LogP contribution in [0.25, 0.3) is 0 Å². The minimum atomic E-state index is -0.0953. The van der Waals surface area contributed by atoms with Gasteiger partial charge in [-0.3, -0.25) is 9.69 Å². The van der Waals surface area contributed by atoms with Crippen molar-refractivity contribution >= 4 is 34.8 Å². The summed E-state index contributed by atoms with van der Waals surface area (Å²) >= 11 is 12.3. The van der Waals surface area contributed by atoms with Crippen molar-refractivity contribution in [3.63, 3.8) is 0 Å². The molecule has 1 aromatic carbocycles. The first-order valence-electron chi connectivity index (χ1n) is 7.18. The van der Waals surface area contributed by atoms with Crippen molar-refractivity contribution in [3.05, 3.63) is 27.7 Å². The van der Waals surface area contributed by atoms with Gasteiger partial charge in [0, 0.05) is 6.54 Å². The Morgan fingerprint density at radius 2 is 2.24 bits per heavy atom. The van der Waals surface area contributed by atoms with Crippen LogP contribution in [0.1, 0.15) is 18.4 Å². The zero-order chi connectivity index (χ0) is 15.4. The molecule has 4 nitrogen and oxygen atoms in total. The van der Waals surface area contributed by atoms with Gasteiger partial charge in [0.1, 0.15) is 0 Å². The molecule has 2 rings (SSSR count). The fourth-order valence-corrected chi connectivity index (χ4v) is 3.11. The second-order valence-electron chi connectivity index (χ2n) is 5.58. The third kappa shape index (κ3) is 4.33. The minimum absolute atomic E-state index is 0.0953. The number of halogens is 2. The number of nitrogens with zero attached hydrogens (tertiary/aromatic N) is 1. The number of carbonyl (C=O) groups excluding carboxylic acids is 1. The van der Waals surface area contributed by atoms with E-state index in [4.69, 9.17) is 28.9 Å². The molecule has 1 unspecified atom stereocenters. The summed E-state index contributed by atoms with van der Waals surface area (Å²) in [4.78, 5) is 14.3. The number of aryl methyl sites for hydroxylation is 1. The second kappa shape index (κ2) is 7.45. The van der Waals surface area contributed by atoms with Crippen LogP contribution in [-0.4, -0.2) is 37.0 Å². The third-order valence-corrected chi connectivity index (χ3v) is 4.65. The van der Waals surface area contributed by atoms with Crippen LogP contribution in [0.5, 0.6) is 0 Å². The molecule has 0 aromatic heterocycles. The Hall–Kier alpha value is -0.810. The number of hydrogen-bond acceptors (Lipinski definition) is 3. The third-order valence-electron chi connectivity index (χ3n) is 3.85. The number of amides is 1. The maximum absolute atomic E-state index is 12.2. The highest BCUT2D eigenvalue weighted by Crippen LogP contribution is 2.32. The molecular formula is C15H21Cl2N3O. The van der Waals surface area contributed by atoms with Gasteiger partial charge in [-0.2, -0.15) is 0 Å². The van der Waals surface area contributed by atoms with Crippen molar-refractivity contribution in [3.8, 4) is 0 Å². The molecule has 1 saturated heterocycles. The number of piperidine rings is 1. The number of rotatable bonds is 4. The highest BCUT2D eigenvalue weighted by molar-refractivity contribution is 6.40. The number of carbonyl (C=O) groups is 1. The fourth-order valence-electron chi connectivity index (χ4n) is 2.64. The molecular weight excluding hydrogens is 309 g/mol. The molecule has 1 heterocycles. The summed E-state index contributed by atoms with van der Waals surface area (Å²) in [5.41, 5.74) is 7.10. The van der Waals surface area contributed by atoms with Gasteiger partial charge in [-0.05, 0) is 50.4 Å². The lowest BCUT2D eigenvalue weighted by Crippen LogP contribution is -2.42. The van der Waals surface area contributed by atoms with Crippen LogP contribution in [0.3, 0.4) is 0 Å². The molecule has 116 valence electrons. The number of benzene rings is 1. The highest BCUT2D eigenvalue weighted by atomic mass is 35.5. The van der Waals surface area contributed by atoms with Crippen molar-refractivity contribution in [2.45, 2.75) is 19.8 Å². The highest BCUT2D eigenvalue weighted by Gasteiger charge is 2.21. The average molecular weight is 330 g/mol. The first-order chi connectivity index (χ1) is 10.0. The van der Waals surface area contributed by atoms with E-state index in [0.29, 0.717) is 34.7 Å². The Kier molecular flexibility index (Phi) is 5.88. The average Bonchev–Trinajstić information content (AvgIpc) is 2.48. The van der Waals surface area contributed by atoms with Gasteiger partial charge in [0.05, 0.1) is 22.3 Å². The maximum Gasteiger partial charge on any atom is 0.238 e. The summed E-state index contributed by atoms with van der Waals surface area (Å²) in [5, 5.41) is 3.77. The Bertz CT molecular complexity index is 522. The molecule has 6 heteroatoms. The monoisotopic (exact) mass is 329 g/mol. The van der Waals surface area contributed by atoms with E-state index in [1.807, 2.05) is 13.0 Å². The maximum atomic E-state index is 12.2. The van der Waals surface area contributed by atoms with Crippen molar-refractivity contribution in [2.75, 3.05) is 31.5 Å². The van der Waals surface area contributed by atoms with Crippen molar-refractivity contribution in [1.82, 2.24) is 4.90 Å². The van der Waals surface area contributed by atoms with E-state index in [-0.39, 0.29) is 5.91 Å². The topological polar surface area (TPSA) is 58.4 Å². The van der Waals surface area contributed by atoms with Gasteiger partial charge in [-0.15, -0.1) is 0 Å². The molecule has 21 heavy (non-hydrogen) atoms. The number of likely N-dealkylation sites (tertiary alicyclic amines) is 1. The zero-order valence-corrected chi connectivity index (χ0v) is 13.7. The molecule has 3 N–H and O–H groups in total. The molecule has 0 aliphatic carbocycles. The molecule has 0 saturated carbocycles. The lowest BCUT2D eigenvalue weighted by atomic mass is 9.98. The normalized spacial score (nSPS) is 19.5. The lowest BCUT2D eigenvalue weighted by Gasteiger charge is -2.31. The Balaban J connectivity index is 1.97. The molecule has 1 amide bonds. The first-order valence-corrected chi connectivity index (χ1v) is 7.93. The Morgan fingerprint density at radius 3 is 2.95 bits per heavy atom. The molecule has 0 bridgehead atoms. The quantitative estimate of drug-likeness (QED) is 0.892. The summed E-state index contributed by atoms with van der Waals surface area (Å²) in [5.74, 6) is 0.389. The van der Waals surface area contributed by atoms with E-state index in [2.05, 4.69) is 10.2 Å². The van der Waals surface area contributed by atoms with Gasteiger partial charge in [0.2, 0.25) is 5.91 Å².